The maximum atomic E-state index is 14.2. The predicted octanol–water partition coefficient (Wildman–Crippen LogP) is 6.90. The van der Waals surface area contributed by atoms with Gasteiger partial charge in [-0.2, -0.15) is 0 Å². The molecule has 4 atom stereocenters. The molecule has 0 saturated carbocycles. The van der Waals surface area contributed by atoms with Crippen molar-refractivity contribution in [3.05, 3.63) is 135 Å². The van der Waals surface area contributed by atoms with E-state index >= 15 is 0 Å². The molecule has 7 rings (SSSR count). The van der Waals surface area contributed by atoms with Gasteiger partial charge in [-0.05, 0) is 48.2 Å². The Balaban J connectivity index is 1.08. The van der Waals surface area contributed by atoms with Gasteiger partial charge in [-0.15, -0.1) is 0 Å². The van der Waals surface area contributed by atoms with Crippen molar-refractivity contribution in [1.29, 1.82) is 0 Å². The number of fused-ring (bicyclic) bond motifs is 1. The maximum absolute atomic E-state index is 14.2. The second-order valence-electron chi connectivity index (χ2n) is 13.2. The number of nitrogens with zero attached hydrogens (tertiary/aromatic N) is 2. The van der Waals surface area contributed by atoms with Crippen molar-refractivity contribution in [2.45, 2.75) is 50.9 Å². The number of halogens is 5. The van der Waals surface area contributed by atoms with Gasteiger partial charge in [-0.1, -0.05) is 55.5 Å². The summed E-state index contributed by atoms with van der Waals surface area (Å²) in [7, 11) is 0. The molecular weight excluding hydrogens is 687 g/mol. The van der Waals surface area contributed by atoms with Gasteiger partial charge in [0.1, 0.15) is 5.56 Å². The molecule has 0 spiro atoms. The minimum absolute atomic E-state index is 0.0340. The molecule has 0 radical (unpaired) electrons. The van der Waals surface area contributed by atoms with Crippen molar-refractivity contribution >= 4 is 22.6 Å². The zero-order valence-electron chi connectivity index (χ0n) is 27.9. The number of amides is 1. The van der Waals surface area contributed by atoms with Crippen LogP contribution in [0, 0.1) is 35.0 Å². The normalized spacial score (nSPS) is 21.4. The largest absolute Gasteiger partial charge is 0.392 e. The number of likely N-dealkylation sites (tertiary alicyclic amines) is 1. The van der Waals surface area contributed by atoms with E-state index in [1.807, 2.05) is 60.0 Å². The lowest BCUT2D eigenvalue weighted by molar-refractivity contribution is -0.276. The molecule has 272 valence electrons. The molecule has 3 N–H and O–H groups in total. The number of anilines is 1. The number of piperidine rings is 1. The Kier molecular flexibility index (Phi) is 9.98. The Bertz CT molecular complexity index is 2120. The molecule has 9 nitrogen and oxygen atoms in total. The van der Waals surface area contributed by atoms with Gasteiger partial charge in [0.25, 0.3) is 5.91 Å². The van der Waals surface area contributed by atoms with Crippen LogP contribution < -0.4 is 11.0 Å². The van der Waals surface area contributed by atoms with Crippen molar-refractivity contribution in [2.75, 3.05) is 25.0 Å². The van der Waals surface area contributed by atoms with Crippen molar-refractivity contribution in [2.24, 2.45) is 5.92 Å². The zero-order chi connectivity index (χ0) is 36.7. The summed E-state index contributed by atoms with van der Waals surface area (Å²) in [5.41, 5.74) is 2.19. The number of benzene rings is 4. The predicted molar refractivity (Wildman–Crippen MR) is 181 cm³/mol. The van der Waals surface area contributed by atoms with Crippen LogP contribution in [0.3, 0.4) is 0 Å². The van der Waals surface area contributed by atoms with E-state index in [9.17, 15) is 36.6 Å². The molecule has 0 unspecified atom stereocenters. The number of ether oxygens (including phenoxy) is 2. The fourth-order valence-corrected chi connectivity index (χ4v) is 7.10. The van der Waals surface area contributed by atoms with Crippen LogP contribution in [-0.4, -0.2) is 51.2 Å². The Morgan fingerprint density at radius 2 is 1.46 bits per heavy atom. The van der Waals surface area contributed by atoms with E-state index in [1.54, 1.807) is 12.1 Å². The number of aliphatic hydroxyl groups excluding tert-OH is 1. The molecule has 2 fully saturated rings. The van der Waals surface area contributed by atoms with Gasteiger partial charge in [0.05, 0.1) is 29.8 Å². The van der Waals surface area contributed by atoms with Gasteiger partial charge in [0, 0.05) is 42.8 Å². The van der Waals surface area contributed by atoms with Gasteiger partial charge < -0.3 is 29.8 Å². The highest BCUT2D eigenvalue weighted by Gasteiger charge is 2.40. The number of nitrogens with one attached hydrogen (secondary N) is 2. The van der Waals surface area contributed by atoms with Crippen LogP contribution in [-0.2, 0) is 16.1 Å². The molecule has 4 aromatic carbocycles. The smallest absolute Gasteiger partial charge is 0.326 e. The lowest BCUT2D eigenvalue weighted by Crippen LogP contribution is -2.47. The third kappa shape index (κ3) is 6.74. The zero-order valence-corrected chi connectivity index (χ0v) is 27.9. The standard InChI is InChI=1S/C38H35F5N4O5/c1-20-28(18-46-16-14-25(15-17-46)47-27-5-3-2-4-26(27)45-38(47)50)51-37(52-35(20)22-8-6-21(19-48)7-9-22)23-10-12-24(13-11-23)44-36(49)29-30(39)32(41)34(43)33(42)31(29)40/h2-13,20,25,28,35,37,48H,14-19H2,1H3,(H,44,49)(H,45,50)/t20-,28+,35+,37+/m0/s1. The highest BCUT2D eigenvalue weighted by atomic mass is 19.2. The van der Waals surface area contributed by atoms with Crippen LogP contribution in [0.2, 0.25) is 0 Å². The number of carbonyl (C=O) groups is 1. The molecule has 52 heavy (non-hydrogen) atoms. The molecular formula is C38H35F5N4O5. The molecule has 1 aromatic heterocycles. The monoisotopic (exact) mass is 722 g/mol. The minimum atomic E-state index is -2.36. The van der Waals surface area contributed by atoms with E-state index in [0.717, 1.165) is 48.1 Å². The lowest BCUT2D eigenvalue weighted by Gasteiger charge is -2.44. The second-order valence-corrected chi connectivity index (χ2v) is 13.2. The van der Waals surface area contributed by atoms with Crippen LogP contribution >= 0.6 is 0 Å². The Labute approximate surface area is 294 Å². The third-order valence-electron chi connectivity index (χ3n) is 9.99. The molecule has 0 bridgehead atoms. The highest BCUT2D eigenvalue weighted by molar-refractivity contribution is 6.04. The van der Waals surface area contributed by atoms with Crippen LogP contribution in [0.25, 0.3) is 11.0 Å². The summed E-state index contributed by atoms with van der Waals surface area (Å²) in [6.45, 7) is 3.99. The number of rotatable bonds is 8. The van der Waals surface area contributed by atoms with Crippen LogP contribution in [0.5, 0.6) is 0 Å². The quantitative estimate of drug-likeness (QED) is 0.0915. The number of aromatic nitrogens is 2. The van der Waals surface area contributed by atoms with E-state index in [4.69, 9.17) is 9.47 Å². The first-order valence-corrected chi connectivity index (χ1v) is 16.9. The molecule has 14 heteroatoms. The number of aliphatic hydroxyl groups is 1. The number of H-pyrrole nitrogens is 1. The topological polar surface area (TPSA) is 109 Å². The first kappa shape index (κ1) is 35.5. The minimum Gasteiger partial charge on any atom is -0.392 e. The summed E-state index contributed by atoms with van der Waals surface area (Å²) in [5.74, 6) is -12.9. The average molecular weight is 723 g/mol. The summed E-state index contributed by atoms with van der Waals surface area (Å²) in [4.78, 5) is 30.7. The van der Waals surface area contributed by atoms with Gasteiger partial charge in [0.15, 0.2) is 29.6 Å². The third-order valence-corrected chi connectivity index (χ3v) is 9.99. The fraction of sp³-hybridized carbons (Fsp3) is 0.316. The number of carbonyl (C=O) groups excluding carboxylic acids is 1. The van der Waals surface area contributed by atoms with Crippen LogP contribution in [0.1, 0.15) is 65.2 Å². The first-order valence-electron chi connectivity index (χ1n) is 16.9. The number of hydrogen-bond acceptors (Lipinski definition) is 6. The fourth-order valence-electron chi connectivity index (χ4n) is 7.10. The van der Waals surface area contributed by atoms with Gasteiger partial charge in [-0.25, -0.2) is 26.7 Å². The van der Waals surface area contributed by atoms with E-state index in [2.05, 4.69) is 15.2 Å². The van der Waals surface area contributed by atoms with Gasteiger partial charge in [0.2, 0.25) is 5.82 Å². The van der Waals surface area contributed by atoms with Crippen molar-refractivity contribution in [3.8, 4) is 0 Å². The van der Waals surface area contributed by atoms with E-state index in [1.165, 1.54) is 12.1 Å². The SMILES string of the molecule is C[C@H]1[C@@H](CN2CCC(n3c(=O)[nH]c4ccccc43)CC2)O[C@@H](c2ccc(NC(=O)c3c(F)c(F)c(F)c(F)c3F)cc2)O[C@H]1c1ccc(CO)cc1. The summed E-state index contributed by atoms with van der Waals surface area (Å²) in [5, 5.41) is 11.7. The van der Waals surface area contributed by atoms with Crippen molar-refractivity contribution < 1.29 is 41.3 Å². The van der Waals surface area contributed by atoms with Gasteiger partial charge in [-0.3, -0.25) is 9.36 Å². The number of para-hydroxylation sites is 2. The van der Waals surface area contributed by atoms with Crippen LogP contribution in [0.15, 0.2) is 77.6 Å². The molecule has 0 aliphatic carbocycles. The van der Waals surface area contributed by atoms with Crippen molar-refractivity contribution in [1.82, 2.24) is 14.5 Å². The molecule has 1 amide bonds. The van der Waals surface area contributed by atoms with E-state index in [-0.39, 0.29) is 36.0 Å². The lowest BCUT2D eigenvalue weighted by atomic mass is 9.89. The maximum Gasteiger partial charge on any atom is 0.326 e. The Morgan fingerprint density at radius 3 is 2.12 bits per heavy atom. The Hall–Kier alpha value is -4.89. The average Bonchev–Trinajstić information content (AvgIpc) is 3.50. The summed E-state index contributed by atoms with van der Waals surface area (Å²) in [6, 6.07) is 21.1. The molecule has 2 saturated heterocycles. The summed E-state index contributed by atoms with van der Waals surface area (Å²) < 4.78 is 84.2. The first-order chi connectivity index (χ1) is 25.0. The highest BCUT2D eigenvalue weighted by Crippen LogP contribution is 2.42. The molecule has 3 heterocycles. The van der Waals surface area contributed by atoms with E-state index < -0.39 is 53.0 Å². The van der Waals surface area contributed by atoms with Crippen molar-refractivity contribution in [3.63, 3.8) is 0 Å². The number of hydrogen-bond donors (Lipinski definition) is 3. The second kappa shape index (κ2) is 14.6. The number of imidazole rings is 1. The molecule has 2 aliphatic rings. The Morgan fingerprint density at radius 1 is 0.846 bits per heavy atom. The van der Waals surface area contributed by atoms with Crippen LogP contribution in [0.4, 0.5) is 27.6 Å². The van der Waals surface area contributed by atoms with Gasteiger partial charge >= 0.3 is 5.69 Å². The number of aromatic amines is 1. The summed E-state index contributed by atoms with van der Waals surface area (Å²) >= 11 is 0. The summed E-state index contributed by atoms with van der Waals surface area (Å²) in [6.07, 6.45) is -0.0410. The van der Waals surface area contributed by atoms with E-state index in [0.29, 0.717) is 12.1 Å². The molecule has 2 aliphatic heterocycles. The molecule has 5 aromatic rings.